The summed E-state index contributed by atoms with van der Waals surface area (Å²) in [6.45, 7) is 4.23. The van der Waals surface area contributed by atoms with Gasteiger partial charge in [-0.15, -0.1) is 0 Å². The number of fused-ring (bicyclic) bond motifs is 1. The van der Waals surface area contributed by atoms with E-state index in [2.05, 4.69) is 19.2 Å². The molecule has 0 bridgehead atoms. The molecule has 1 aliphatic carbocycles. The maximum atomic E-state index is 14.0. The fraction of sp³-hybridized carbons (Fsp3) is 0.241. The first kappa shape index (κ1) is 22.4. The van der Waals surface area contributed by atoms with Gasteiger partial charge in [-0.05, 0) is 47.2 Å². The molecule has 172 valence electrons. The lowest BCUT2D eigenvalue weighted by molar-refractivity contribution is -0.119. The van der Waals surface area contributed by atoms with Crippen LogP contribution in [0.3, 0.4) is 0 Å². The minimum atomic E-state index is -0.539. The highest BCUT2D eigenvalue weighted by Crippen LogP contribution is 2.48. The zero-order valence-corrected chi connectivity index (χ0v) is 20.1. The molecule has 34 heavy (non-hydrogen) atoms. The Morgan fingerprint density at radius 2 is 1.65 bits per heavy atom. The first-order valence-corrected chi connectivity index (χ1v) is 11.9. The summed E-state index contributed by atoms with van der Waals surface area (Å²) in [5.41, 5.74) is 4.79. The summed E-state index contributed by atoms with van der Waals surface area (Å²) in [5, 5.41) is 4.16. The van der Waals surface area contributed by atoms with Crippen LogP contribution in [-0.4, -0.2) is 11.7 Å². The van der Waals surface area contributed by atoms with Gasteiger partial charge in [-0.2, -0.15) is 0 Å². The molecule has 0 aromatic heterocycles. The van der Waals surface area contributed by atoms with Crippen molar-refractivity contribution in [2.75, 3.05) is 10.2 Å². The second kappa shape index (κ2) is 8.77. The van der Waals surface area contributed by atoms with E-state index in [9.17, 15) is 9.59 Å². The number of hydrogen-bond acceptors (Lipinski definition) is 3. The van der Waals surface area contributed by atoms with E-state index in [0.29, 0.717) is 17.0 Å². The fourth-order valence-electron chi connectivity index (χ4n) is 5.08. The number of halogens is 1. The third-order valence-electron chi connectivity index (χ3n) is 6.55. The number of carbonyl (C=O) groups is 2. The number of amides is 1. The smallest absolute Gasteiger partial charge is 0.232 e. The molecule has 0 radical (unpaired) electrons. The van der Waals surface area contributed by atoms with Crippen LogP contribution in [0.2, 0.25) is 5.02 Å². The Labute approximate surface area is 205 Å². The molecule has 1 aliphatic heterocycles. The van der Waals surface area contributed by atoms with Crippen LogP contribution in [0.25, 0.3) is 0 Å². The van der Waals surface area contributed by atoms with Crippen LogP contribution in [0.1, 0.15) is 43.9 Å². The van der Waals surface area contributed by atoms with Gasteiger partial charge in [-0.1, -0.05) is 80.0 Å². The molecule has 1 amide bonds. The van der Waals surface area contributed by atoms with E-state index in [1.807, 2.05) is 78.9 Å². The standard InChI is InChI=1S/C29H27ClN2O2/c1-29(2)17-23-27(25(33)18-29)28(20-12-14-21(30)15-13-20)32(24-11-7-6-10-22(24)31-23)26(34)16-19-8-4-3-5-9-19/h3-15,28,31H,16-18H2,1-2H3. The fourth-order valence-corrected chi connectivity index (χ4v) is 5.20. The molecule has 3 aromatic carbocycles. The molecule has 3 aromatic rings. The molecule has 1 N–H and O–H groups in total. The van der Waals surface area contributed by atoms with Gasteiger partial charge < -0.3 is 5.32 Å². The van der Waals surface area contributed by atoms with Gasteiger partial charge in [0.05, 0.1) is 23.8 Å². The Bertz CT molecular complexity index is 1280. The van der Waals surface area contributed by atoms with Gasteiger partial charge >= 0.3 is 0 Å². The van der Waals surface area contributed by atoms with E-state index in [4.69, 9.17) is 11.6 Å². The van der Waals surface area contributed by atoms with Crippen LogP contribution in [0.5, 0.6) is 0 Å². The lowest BCUT2D eigenvalue weighted by Crippen LogP contribution is -2.40. The number of ketones is 1. The molecule has 0 saturated heterocycles. The predicted molar refractivity (Wildman–Crippen MR) is 137 cm³/mol. The van der Waals surface area contributed by atoms with Gasteiger partial charge in [0, 0.05) is 22.7 Å². The van der Waals surface area contributed by atoms with Gasteiger partial charge in [0.25, 0.3) is 0 Å². The summed E-state index contributed by atoms with van der Waals surface area (Å²) < 4.78 is 0. The lowest BCUT2D eigenvalue weighted by atomic mass is 9.73. The molecular formula is C29H27ClN2O2. The van der Waals surface area contributed by atoms with Crippen LogP contribution >= 0.6 is 11.6 Å². The average molecular weight is 471 g/mol. The number of nitrogens with zero attached hydrogens (tertiary/aromatic N) is 1. The first-order valence-electron chi connectivity index (χ1n) is 11.6. The van der Waals surface area contributed by atoms with Gasteiger partial charge in [0.1, 0.15) is 0 Å². The molecule has 1 unspecified atom stereocenters. The molecular weight excluding hydrogens is 444 g/mol. The van der Waals surface area contributed by atoms with Crippen molar-refractivity contribution >= 4 is 34.7 Å². The Balaban J connectivity index is 1.72. The number of carbonyl (C=O) groups excluding carboxylic acids is 2. The summed E-state index contributed by atoms with van der Waals surface area (Å²) >= 11 is 6.20. The quantitative estimate of drug-likeness (QED) is 0.462. The minimum Gasteiger partial charge on any atom is -0.357 e. The Morgan fingerprint density at radius 3 is 2.38 bits per heavy atom. The van der Waals surface area contributed by atoms with Gasteiger partial charge in [-0.25, -0.2) is 0 Å². The van der Waals surface area contributed by atoms with Crippen molar-refractivity contribution in [3.8, 4) is 0 Å². The average Bonchev–Trinajstić information content (AvgIpc) is 2.94. The monoisotopic (exact) mass is 470 g/mol. The van der Waals surface area contributed by atoms with Crippen LogP contribution in [0, 0.1) is 5.41 Å². The van der Waals surface area contributed by atoms with Crippen LogP contribution in [0.15, 0.2) is 90.1 Å². The highest BCUT2D eigenvalue weighted by Gasteiger charge is 2.43. The van der Waals surface area contributed by atoms with E-state index >= 15 is 0 Å². The van der Waals surface area contributed by atoms with E-state index in [1.54, 1.807) is 4.90 Å². The highest BCUT2D eigenvalue weighted by atomic mass is 35.5. The van der Waals surface area contributed by atoms with Crippen LogP contribution in [-0.2, 0) is 16.0 Å². The van der Waals surface area contributed by atoms with Crippen molar-refractivity contribution < 1.29 is 9.59 Å². The first-order chi connectivity index (χ1) is 16.3. The molecule has 0 saturated carbocycles. The predicted octanol–water partition coefficient (Wildman–Crippen LogP) is 6.73. The number of para-hydroxylation sites is 2. The van der Waals surface area contributed by atoms with Gasteiger partial charge in [0.2, 0.25) is 5.91 Å². The summed E-state index contributed by atoms with van der Waals surface area (Å²) in [5.74, 6) is 0.0100. The van der Waals surface area contributed by atoms with E-state index in [-0.39, 0.29) is 23.5 Å². The zero-order chi connectivity index (χ0) is 23.9. The number of Topliss-reactive ketones (excluding diaryl/α,β-unsaturated/α-hetero) is 1. The third kappa shape index (κ3) is 4.26. The lowest BCUT2D eigenvalue weighted by Gasteiger charge is -2.37. The summed E-state index contributed by atoms with van der Waals surface area (Å²) in [6.07, 6.45) is 1.41. The van der Waals surface area contributed by atoms with Crippen molar-refractivity contribution in [1.82, 2.24) is 0 Å². The van der Waals surface area contributed by atoms with Crippen molar-refractivity contribution in [3.05, 3.63) is 106 Å². The number of nitrogens with one attached hydrogen (secondary N) is 1. The second-order valence-electron chi connectivity index (χ2n) is 9.86. The number of allylic oxidation sites excluding steroid dienone is 1. The van der Waals surface area contributed by atoms with Crippen molar-refractivity contribution in [3.63, 3.8) is 0 Å². The second-order valence-corrected chi connectivity index (χ2v) is 10.3. The molecule has 4 nitrogen and oxygen atoms in total. The maximum Gasteiger partial charge on any atom is 0.232 e. The Kier molecular flexibility index (Phi) is 5.78. The molecule has 0 spiro atoms. The van der Waals surface area contributed by atoms with Crippen molar-refractivity contribution in [2.45, 2.75) is 39.2 Å². The Morgan fingerprint density at radius 1 is 0.971 bits per heavy atom. The molecule has 1 heterocycles. The van der Waals surface area contributed by atoms with E-state index < -0.39 is 6.04 Å². The summed E-state index contributed by atoms with van der Waals surface area (Å²) in [4.78, 5) is 29.4. The van der Waals surface area contributed by atoms with Crippen molar-refractivity contribution in [2.24, 2.45) is 5.41 Å². The normalized spacial score (nSPS) is 19.1. The van der Waals surface area contributed by atoms with Crippen LogP contribution in [0.4, 0.5) is 11.4 Å². The largest absolute Gasteiger partial charge is 0.357 e. The minimum absolute atomic E-state index is 0.0632. The van der Waals surface area contributed by atoms with Crippen molar-refractivity contribution in [1.29, 1.82) is 0 Å². The molecule has 5 heteroatoms. The molecule has 0 fully saturated rings. The molecule has 5 rings (SSSR count). The number of rotatable bonds is 3. The molecule has 2 aliphatic rings. The van der Waals surface area contributed by atoms with Gasteiger partial charge in [0.15, 0.2) is 5.78 Å². The zero-order valence-electron chi connectivity index (χ0n) is 19.3. The Hall–Kier alpha value is -3.37. The molecule has 1 atom stereocenters. The third-order valence-corrected chi connectivity index (χ3v) is 6.81. The number of anilines is 2. The van der Waals surface area contributed by atoms with Crippen LogP contribution < -0.4 is 10.2 Å². The topological polar surface area (TPSA) is 49.4 Å². The number of benzene rings is 3. The number of hydrogen-bond donors (Lipinski definition) is 1. The maximum absolute atomic E-state index is 14.0. The SMILES string of the molecule is CC1(C)CC(=O)C2=C(C1)Nc1ccccc1N(C(=O)Cc1ccccc1)C2c1ccc(Cl)cc1. The van der Waals surface area contributed by atoms with E-state index in [1.165, 1.54) is 0 Å². The summed E-state index contributed by atoms with van der Waals surface area (Å²) in [6, 6.07) is 24.4. The van der Waals surface area contributed by atoms with Gasteiger partial charge in [-0.3, -0.25) is 14.5 Å². The summed E-state index contributed by atoms with van der Waals surface area (Å²) in [7, 11) is 0. The highest BCUT2D eigenvalue weighted by molar-refractivity contribution is 6.30. The van der Waals surface area contributed by atoms with E-state index in [0.717, 1.165) is 34.6 Å².